The zero-order valence-electron chi connectivity index (χ0n) is 26.4. The third-order valence-corrected chi connectivity index (χ3v) is 9.37. The van der Waals surface area contributed by atoms with Crippen LogP contribution < -0.4 is 5.73 Å². The lowest BCUT2D eigenvalue weighted by molar-refractivity contribution is -0.187. The van der Waals surface area contributed by atoms with E-state index in [2.05, 4.69) is 0 Å². The summed E-state index contributed by atoms with van der Waals surface area (Å²) in [5.74, 6) is -10.7. The molecule has 1 saturated carbocycles. The Morgan fingerprint density at radius 1 is 1.11 bits per heavy atom. The third-order valence-electron chi connectivity index (χ3n) is 9.37. The van der Waals surface area contributed by atoms with E-state index in [-0.39, 0.29) is 24.3 Å². The summed E-state index contributed by atoms with van der Waals surface area (Å²) in [5.41, 5.74) is 0.329. The summed E-state index contributed by atoms with van der Waals surface area (Å²) >= 11 is 0. The minimum Gasteiger partial charge on any atom is -0.508 e. The molecule has 6 N–H and O–H groups in total. The van der Waals surface area contributed by atoms with Gasteiger partial charge in [-0.15, -0.1) is 0 Å². The first kappa shape index (κ1) is 32.9. The van der Waals surface area contributed by atoms with Crippen molar-refractivity contribution in [3.05, 3.63) is 46.2 Å². The SMILES string of the molecule is C[C@H]1c2cccc(O)c2C(O)=C2C(=O)[C@]3(O)C(O)=C(C(N)=O)C(=O)[C@@H](N(C)C)[C@@H]3[C@@H](OC(=O)C3CCCN3C(=O)OC(C)(C)C)[C@@H]21. The van der Waals surface area contributed by atoms with Crippen LogP contribution in [0.3, 0.4) is 0 Å². The predicted octanol–water partition coefficient (Wildman–Crippen LogP) is 1.45. The first-order chi connectivity index (χ1) is 21.3. The Morgan fingerprint density at radius 3 is 2.35 bits per heavy atom. The van der Waals surface area contributed by atoms with Gasteiger partial charge in [0.25, 0.3) is 5.91 Å². The molecule has 0 radical (unpaired) electrons. The highest BCUT2D eigenvalue weighted by molar-refractivity contribution is 6.24. The van der Waals surface area contributed by atoms with Gasteiger partial charge in [0.05, 0.1) is 17.5 Å². The second kappa shape index (κ2) is 11.1. The fraction of sp³-hybridized carbons (Fsp3) is 0.531. The molecule has 0 aromatic heterocycles. The summed E-state index contributed by atoms with van der Waals surface area (Å²) in [6.07, 6.45) is -1.69. The Kier molecular flexibility index (Phi) is 7.97. The van der Waals surface area contributed by atoms with Crippen molar-refractivity contribution in [2.45, 2.75) is 75.8 Å². The Balaban J connectivity index is 1.72. The number of aromatic hydroxyl groups is 1. The number of phenolic OH excluding ortho intramolecular Hbond substituents is 1. The number of ether oxygens (including phenoxy) is 2. The van der Waals surface area contributed by atoms with Crippen LogP contribution in [0.25, 0.3) is 5.76 Å². The number of nitrogens with zero attached hydrogens (tertiary/aromatic N) is 2. The van der Waals surface area contributed by atoms with Crippen LogP contribution in [0, 0.1) is 11.8 Å². The molecule has 3 aliphatic carbocycles. The van der Waals surface area contributed by atoms with E-state index in [1.807, 2.05) is 0 Å². The quantitative estimate of drug-likeness (QED) is 0.233. The minimum absolute atomic E-state index is 0.0942. The van der Waals surface area contributed by atoms with Gasteiger partial charge in [-0.1, -0.05) is 19.1 Å². The van der Waals surface area contributed by atoms with Crippen LogP contribution in [-0.2, 0) is 28.7 Å². The maximum atomic E-state index is 14.4. The number of hydrogen-bond donors (Lipinski definition) is 5. The third kappa shape index (κ3) is 4.81. The average Bonchev–Trinajstić information content (AvgIpc) is 3.44. The Bertz CT molecular complexity index is 1610. The molecular weight excluding hydrogens is 602 g/mol. The van der Waals surface area contributed by atoms with Crippen LogP contribution in [-0.4, -0.2) is 110 Å². The summed E-state index contributed by atoms with van der Waals surface area (Å²) in [6.45, 7) is 6.88. The molecule has 1 unspecified atom stereocenters. The van der Waals surface area contributed by atoms with E-state index in [0.29, 0.717) is 12.0 Å². The van der Waals surface area contributed by atoms with Gasteiger partial charge in [-0.2, -0.15) is 0 Å². The number of aliphatic hydroxyl groups is 3. The monoisotopic (exact) mass is 641 g/mol. The number of aliphatic hydroxyl groups excluding tert-OH is 2. The number of esters is 1. The number of amides is 2. The number of likely N-dealkylation sites (tertiary alicyclic amines) is 1. The van der Waals surface area contributed by atoms with E-state index < -0.39 is 99.3 Å². The molecule has 1 saturated heterocycles. The minimum atomic E-state index is -3.07. The number of hydrogen-bond acceptors (Lipinski definition) is 12. The second-order valence-corrected chi connectivity index (χ2v) is 13.5. The van der Waals surface area contributed by atoms with Gasteiger partial charge in [0.1, 0.15) is 40.6 Å². The Morgan fingerprint density at radius 2 is 1.76 bits per heavy atom. The summed E-state index contributed by atoms with van der Waals surface area (Å²) in [4.78, 5) is 70.1. The van der Waals surface area contributed by atoms with Crippen LogP contribution >= 0.6 is 0 Å². The lowest BCUT2D eigenvalue weighted by atomic mass is 9.54. The van der Waals surface area contributed by atoms with E-state index in [9.17, 15) is 44.4 Å². The van der Waals surface area contributed by atoms with Crippen LogP contribution in [0.5, 0.6) is 5.75 Å². The number of nitrogens with two attached hydrogens (primary N) is 1. The van der Waals surface area contributed by atoms with Crippen molar-refractivity contribution in [3.8, 4) is 5.75 Å². The van der Waals surface area contributed by atoms with Crippen molar-refractivity contribution < 1.29 is 53.9 Å². The van der Waals surface area contributed by atoms with Gasteiger partial charge < -0.3 is 35.6 Å². The average molecular weight is 642 g/mol. The van der Waals surface area contributed by atoms with Crippen molar-refractivity contribution in [2.75, 3.05) is 20.6 Å². The van der Waals surface area contributed by atoms with Gasteiger partial charge in [-0.05, 0) is 65.3 Å². The zero-order valence-corrected chi connectivity index (χ0v) is 26.4. The summed E-state index contributed by atoms with van der Waals surface area (Å²) in [7, 11) is 2.88. The molecule has 5 rings (SSSR count). The maximum absolute atomic E-state index is 14.4. The second-order valence-electron chi connectivity index (χ2n) is 13.5. The summed E-state index contributed by atoms with van der Waals surface area (Å²) in [6, 6.07) is 1.79. The van der Waals surface area contributed by atoms with Crippen LogP contribution in [0.15, 0.2) is 35.1 Å². The number of primary amides is 1. The fourth-order valence-corrected chi connectivity index (χ4v) is 7.45. The van der Waals surface area contributed by atoms with E-state index >= 15 is 0 Å². The molecule has 0 bridgehead atoms. The van der Waals surface area contributed by atoms with Crippen LogP contribution in [0.2, 0.25) is 0 Å². The normalized spacial score (nSPS) is 31.0. The lowest BCUT2D eigenvalue weighted by Crippen LogP contribution is -2.71. The lowest BCUT2D eigenvalue weighted by Gasteiger charge is -2.54. The van der Waals surface area contributed by atoms with Crippen molar-refractivity contribution in [3.63, 3.8) is 0 Å². The largest absolute Gasteiger partial charge is 0.508 e. The highest BCUT2D eigenvalue weighted by Crippen LogP contribution is 2.57. The summed E-state index contributed by atoms with van der Waals surface area (Å²) < 4.78 is 11.6. The standard InChI is InChI=1S/C32H39N3O11/c1-13-14-9-7-11-16(36)18(14)23(37)19-17(13)25(45-29(42)15-10-8-12-35(15)30(43)46-31(2,3)4)21-22(34(5)6)24(38)20(28(33)41)27(40)32(21,44)26(19)39/h7,9,11,13,15,17,21-22,25,36-37,40,44H,8,10,12H2,1-6H3,(H2,33,41)/t13-,15?,17+,21+,22-,25-,32-/m0/s1. The highest BCUT2D eigenvalue weighted by atomic mass is 16.6. The molecule has 14 heteroatoms. The van der Waals surface area contributed by atoms with Gasteiger partial charge in [0.2, 0.25) is 5.78 Å². The van der Waals surface area contributed by atoms with Crippen molar-refractivity contribution in [1.29, 1.82) is 0 Å². The fourth-order valence-electron chi connectivity index (χ4n) is 7.45. The van der Waals surface area contributed by atoms with Gasteiger partial charge in [-0.3, -0.25) is 24.2 Å². The number of carbonyl (C=O) groups excluding carboxylic acids is 5. The Hall–Kier alpha value is -4.43. The van der Waals surface area contributed by atoms with Crippen LogP contribution in [0.1, 0.15) is 57.6 Å². The molecule has 2 amide bonds. The number of fused-ring (bicyclic) bond motifs is 3. The molecule has 1 heterocycles. The zero-order chi connectivity index (χ0) is 34.2. The van der Waals surface area contributed by atoms with Gasteiger partial charge in [0, 0.05) is 18.0 Å². The van der Waals surface area contributed by atoms with Crippen LogP contribution in [0.4, 0.5) is 4.79 Å². The first-order valence-electron chi connectivity index (χ1n) is 15.0. The van der Waals surface area contributed by atoms with E-state index in [4.69, 9.17) is 15.2 Å². The molecule has 4 aliphatic rings. The molecule has 1 aromatic carbocycles. The number of carbonyl (C=O) groups is 5. The predicted molar refractivity (Wildman–Crippen MR) is 160 cm³/mol. The molecule has 248 valence electrons. The molecule has 1 aromatic rings. The molecule has 1 aliphatic heterocycles. The molecule has 0 spiro atoms. The first-order valence-corrected chi connectivity index (χ1v) is 15.0. The maximum Gasteiger partial charge on any atom is 0.411 e. The number of benzene rings is 1. The van der Waals surface area contributed by atoms with Crippen molar-refractivity contribution in [2.24, 2.45) is 17.6 Å². The van der Waals surface area contributed by atoms with Crippen molar-refractivity contribution in [1.82, 2.24) is 9.80 Å². The number of likely N-dealkylation sites (N-methyl/N-ethyl adjacent to an activating group) is 1. The molecule has 14 nitrogen and oxygen atoms in total. The number of rotatable bonds is 4. The highest BCUT2D eigenvalue weighted by Gasteiger charge is 2.69. The molecule has 46 heavy (non-hydrogen) atoms. The van der Waals surface area contributed by atoms with Gasteiger partial charge in [0.15, 0.2) is 11.4 Å². The topological polar surface area (TPSA) is 217 Å². The van der Waals surface area contributed by atoms with Gasteiger partial charge in [-0.25, -0.2) is 9.59 Å². The molecular formula is C32H39N3O11. The van der Waals surface area contributed by atoms with E-state index in [1.165, 1.54) is 36.0 Å². The molecule has 2 fully saturated rings. The smallest absolute Gasteiger partial charge is 0.411 e. The van der Waals surface area contributed by atoms with Crippen molar-refractivity contribution >= 4 is 35.3 Å². The van der Waals surface area contributed by atoms with Gasteiger partial charge >= 0.3 is 12.1 Å². The number of ketones is 2. The number of phenols is 1. The van der Waals surface area contributed by atoms with E-state index in [1.54, 1.807) is 33.8 Å². The molecule has 7 atom stereocenters. The Labute approximate surface area is 265 Å². The summed E-state index contributed by atoms with van der Waals surface area (Å²) in [5, 5.41) is 45.7. The number of Topliss-reactive ketones (excluding diaryl/α,β-unsaturated/α-hetero) is 2. The van der Waals surface area contributed by atoms with E-state index in [0.717, 1.165) is 0 Å².